The van der Waals surface area contributed by atoms with Crippen molar-refractivity contribution in [2.24, 2.45) is 7.05 Å². The van der Waals surface area contributed by atoms with Crippen molar-refractivity contribution in [3.8, 4) is 11.3 Å². The Morgan fingerprint density at radius 2 is 2.18 bits per heavy atom. The summed E-state index contributed by atoms with van der Waals surface area (Å²) in [5, 5.41) is 5.01. The van der Waals surface area contributed by atoms with Crippen molar-refractivity contribution in [3.05, 3.63) is 36.3 Å². The Morgan fingerprint density at radius 3 is 2.88 bits per heavy atom. The predicted octanol–water partition coefficient (Wildman–Crippen LogP) is 2.29. The Balaban J connectivity index is 2.25. The third kappa shape index (κ3) is 1.47. The lowest BCUT2D eigenvalue weighted by Crippen LogP contribution is -1.96. The van der Waals surface area contributed by atoms with Crippen molar-refractivity contribution >= 4 is 16.7 Å². The Kier molecular flexibility index (Phi) is 1.95. The van der Waals surface area contributed by atoms with Crippen LogP contribution in [0.5, 0.6) is 0 Å². The first-order valence-corrected chi connectivity index (χ1v) is 5.21. The third-order valence-electron chi connectivity index (χ3n) is 2.83. The number of hydrogen-bond donors (Lipinski definition) is 2. The molecule has 0 aliphatic heterocycles. The lowest BCUT2D eigenvalue weighted by atomic mass is 10.1. The first-order chi connectivity index (χ1) is 8.15. The van der Waals surface area contributed by atoms with Crippen molar-refractivity contribution < 1.29 is 4.39 Å². The summed E-state index contributed by atoms with van der Waals surface area (Å²) >= 11 is 0. The number of halogens is 1. The molecular weight excluding hydrogens is 219 g/mol. The molecule has 0 fully saturated rings. The van der Waals surface area contributed by atoms with Crippen LogP contribution in [-0.2, 0) is 7.05 Å². The van der Waals surface area contributed by atoms with Gasteiger partial charge in [0.15, 0.2) is 0 Å². The van der Waals surface area contributed by atoms with Crippen LogP contribution in [0.1, 0.15) is 0 Å². The summed E-state index contributed by atoms with van der Waals surface area (Å²) in [4.78, 5) is 3.05. The molecular formula is C12H11FN4. The standard InChI is InChI=1S/C12H11FN4/c1-17-12(14)6-11(16-17)8-5-10-7(2-3-15-10)4-9(8)13/h2-6,15H,14H2,1H3. The van der Waals surface area contributed by atoms with Crippen molar-refractivity contribution in [1.82, 2.24) is 14.8 Å². The quantitative estimate of drug-likeness (QED) is 0.673. The van der Waals surface area contributed by atoms with Crippen LogP contribution >= 0.6 is 0 Å². The molecule has 0 saturated carbocycles. The second kappa shape index (κ2) is 3.35. The molecule has 2 heterocycles. The van der Waals surface area contributed by atoms with Gasteiger partial charge in [-0.3, -0.25) is 4.68 Å². The number of nitrogens with zero attached hydrogens (tertiary/aromatic N) is 2. The zero-order chi connectivity index (χ0) is 12.0. The van der Waals surface area contributed by atoms with Crippen molar-refractivity contribution in [3.63, 3.8) is 0 Å². The summed E-state index contributed by atoms with van der Waals surface area (Å²) < 4.78 is 15.4. The van der Waals surface area contributed by atoms with Crippen LogP contribution in [0.15, 0.2) is 30.5 Å². The minimum absolute atomic E-state index is 0.296. The molecule has 0 atom stereocenters. The van der Waals surface area contributed by atoms with E-state index in [1.807, 2.05) is 6.07 Å². The van der Waals surface area contributed by atoms with E-state index >= 15 is 0 Å². The molecule has 3 aromatic rings. The highest BCUT2D eigenvalue weighted by Gasteiger charge is 2.11. The van der Waals surface area contributed by atoms with Gasteiger partial charge >= 0.3 is 0 Å². The molecule has 0 unspecified atom stereocenters. The Morgan fingerprint density at radius 1 is 1.35 bits per heavy atom. The number of nitrogens with two attached hydrogens (primary N) is 1. The fraction of sp³-hybridized carbons (Fsp3) is 0.0833. The first kappa shape index (κ1) is 9.89. The number of rotatable bonds is 1. The molecule has 0 bridgehead atoms. The average Bonchev–Trinajstić information content (AvgIpc) is 2.85. The minimum atomic E-state index is -0.296. The van der Waals surface area contributed by atoms with E-state index in [1.165, 1.54) is 10.7 Å². The van der Waals surface area contributed by atoms with Gasteiger partial charge < -0.3 is 10.7 Å². The number of aryl methyl sites for hydroxylation is 1. The zero-order valence-corrected chi connectivity index (χ0v) is 9.24. The molecule has 0 aliphatic carbocycles. The van der Waals surface area contributed by atoms with Gasteiger partial charge in [-0.1, -0.05) is 0 Å². The van der Waals surface area contributed by atoms with Crippen LogP contribution in [-0.4, -0.2) is 14.8 Å². The fourth-order valence-electron chi connectivity index (χ4n) is 1.88. The van der Waals surface area contributed by atoms with Gasteiger partial charge in [0.25, 0.3) is 0 Å². The number of benzene rings is 1. The van der Waals surface area contributed by atoms with E-state index < -0.39 is 0 Å². The van der Waals surface area contributed by atoms with E-state index in [2.05, 4.69) is 10.1 Å². The van der Waals surface area contributed by atoms with Crippen LogP contribution < -0.4 is 5.73 Å². The van der Waals surface area contributed by atoms with E-state index in [1.54, 1.807) is 25.4 Å². The highest BCUT2D eigenvalue weighted by molar-refractivity contribution is 5.84. The Bertz CT molecular complexity index is 676. The summed E-state index contributed by atoms with van der Waals surface area (Å²) in [5.41, 5.74) is 7.56. The lowest BCUT2D eigenvalue weighted by molar-refractivity contribution is 0.631. The molecule has 4 nitrogen and oxygen atoms in total. The lowest BCUT2D eigenvalue weighted by Gasteiger charge is -2.00. The number of nitrogens with one attached hydrogen (secondary N) is 1. The Hall–Kier alpha value is -2.30. The molecule has 0 aliphatic rings. The molecule has 0 saturated heterocycles. The van der Waals surface area contributed by atoms with Crippen LogP contribution in [0, 0.1) is 5.82 Å². The van der Waals surface area contributed by atoms with E-state index in [0.717, 1.165) is 10.9 Å². The van der Waals surface area contributed by atoms with Crippen molar-refractivity contribution in [1.29, 1.82) is 0 Å². The van der Waals surface area contributed by atoms with Crippen LogP contribution in [0.2, 0.25) is 0 Å². The van der Waals surface area contributed by atoms with Gasteiger partial charge in [-0.05, 0) is 18.2 Å². The second-order valence-corrected chi connectivity index (χ2v) is 3.98. The topological polar surface area (TPSA) is 59.6 Å². The fourth-order valence-corrected chi connectivity index (χ4v) is 1.88. The third-order valence-corrected chi connectivity index (χ3v) is 2.83. The molecule has 0 radical (unpaired) electrons. The number of hydrogen-bond acceptors (Lipinski definition) is 2. The number of H-pyrrole nitrogens is 1. The largest absolute Gasteiger partial charge is 0.384 e. The smallest absolute Gasteiger partial charge is 0.133 e. The SMILES string of the molecule is Cn1nc(-c2cc3[nH]ccc3cc2F)cc1N. The average molecular weight is 230 g/mol. The summed E-state index contributed by atoms with van der Waals surface area (Å²) in [7, 11) is 1.73. The molecule has 1 aromatic carbocycles. The van der Waals surface area contributed by atoms with Crippen LogP contribution in [0.25, 0.3) is 22.2 Å². The predicted molar refractivity (Wildman–Crippen MR) is 64.9 cm³/mol. The molecule has 17 heavy (non-hydrogen) atoms. The van der Waals surface area contributed by atoms with Crippen molar-refractivity contribution in [2.45, 2.75) is 0 Å². The van der Waals surface area contributed by atoms with Gasteiger partial charge in [-0.2, -0.15) is 5.10 Å². The van der Waals surface area contributed by atoms with Crippen LogP contribution in [0.4, 0.5) is 10.2 Å². The number of nitrogen functional groups attached to an aromatic ring is 1. The highest BCUT2D eigenvalue weighted by Crippen LogP contribution is 2.27. The molecule has 0 spiro atoms. The maximum atomic E-state index is 13.9. The summed E-state index contributed by atoms with van der Waals surface area (Å²) in [6, 6.07) is 6.72. The van der Waals surface area contributed by atoms with Gasteiger partial charge in [0.05, 0.1) is 5.69 Å². The van der Waals surface area contributed by atoms with Crippen LogP contribution in [0.3, 0.4) is 0 Å². The summed E-state index contributed by atoms with van der Waals surface area (Å²) in [6.45, 7) is 0. The van der Waals surface area contributed by atoms with Gasteiger partial charge in [0, 0.05) is 35.8 Å². The minimum Gasteiger partial charge on any atom is -0.384 e. The molecule has 0 amide bonds. The van der Waals surface area contributed by atoms with E-state index in [-0.39, 0.29) is 5.82 Å². The molecule has 2 aromatic heterocycles. The maximum Gasteiger partial charge on any atom is 0.133 e. The second-order valence-electron chi connectivity index (χ2n) is 3.98. The summed E-state index contributed by atoms with van der Waals surface area (Å²) in [6.07, 6.45) is 1.78. The van der Waals surface area contributed by atoms with Gasteiger partial charge in [-0.15, -0.1) is 0 Å². The maximum absolute atomic E-state index is 13.9. The number of anilines is 1. The number of aromatic nitrogens is 3. The van der Waals surface area contributed by atoms with E-state index in [4.69, 9.17) is 5.73 Å². The van der Waals surface area contributed by atoms with Crippen molar-refractivity contribution in [2.75, 3.05) is 5.73 Å². The van der Waals surface area contributed by atoms with E-state index in [0.29, 0.717) is 17.1 Å². The molecule has 3 rings (SSSR count). The molecule has 3 N–H and O–H groups in total. The molecule has 5 heteroatoms. The van der Waals surface area contributed by atoms with Gasteiger partial charge in [0.2, 0.25) is 0 Å². The normalized spacial score (nSPS) is 11.2. The highest BCUT2D eigenvalue weighted by atomic mass is 19.1. The molecule has 86 valence electrons. The van der Waals surface area contributed by atoms with E-state index in [9.17, 15) is 4.39 Å². The monoisotopic (exact) mass is 230 g/mol. The zero-order valence-electron chi connectivity index (χ0n) is 9.24. The Labute approximate surface area is 96.9 Å². The summed E-state index contributed by atoms with van der Waals surface area (Å²) in [5.74, 6) is 0.209. The number of fused-ring (bicyclic) bond motifs is 1. The van der Waals surface area contributed by atoms with Gasteiger partial charge in [-0.25, -0.2) is 4.39 Å². The first-order valence-electron chi connectivity index (χ1n) is 5.21. The van der Waals surface area contributed by atoms with Gasteiger partial charge in [0.1, 0.15) is 11.6 Å². The number of aromatic amines is 1.